The molecule has 0 saturated heterocycles. The lowest BCUT2D eigenvalue weighted by Crippen LogP contribution is -2.37. The minimum atomic E-state index is -0.514. The zero-order valence-corrected chi connectivity index (χ0v) is 18.1. The number of carbonyl (C=O) groups is 2. The highest BCUT2D eigenvalue weighted by Crippen LogP contribution is 2.35. The van der Waals surface area contributed by atoms with E-state index in [-0.39, 0.29) is 16.8 Å². The standard InChI is InChI=1S/C26H26N2O3/c1-4-17-10-12-18(13-11-17)27-24(30)21-14-20-22(15-26(2,3)16-23(20)29)28(25(21)31)19-8-6-5-7-9-19/h5-14H,4,15-16H2,1-3H3,(H,27,30). The van der Waals surface area contributed by atoms with Crippen LogP contribution in [-0.2, 0) is 12.8 Å². The molecule has 1 N–H and O–H groups in total. The van der Waals surface area contributed by atoms with Crippen molar-refractivity contribution in [1.82, 2.24) is 4.57 Å². The predicted octanol–water partition coefficient (Wildman–Crippen LogP) is 4.81. The van der Waals surface area contributed by atoms with Gasteiger partial charge in [0.25, 0.3) is 11.5 Å². The van der Waals surface area contributed by atoms with Crippen molar-refractivity contribution >= 4 is 17.4 Å². The third kappa shape index (κ3) is 4.08. The molecule has 0 aliphatic heterocycles. The molecule has 5 heteroatoms. The average Bonchev–Trinajstić information content (AvgIpc) is 2.73. The van der Waals surface area contributed by atoms with Gasteiger partial charge in [0, 0.05) is 29.1 Å². The molecule has 1 aliphatic rings. The van der Waals surface area contributed by atoms with Gasteiger partial charge in [-0.05, 0) is 54.2 Å². The molecule has 31 heavy (non-hydrogen) atoms. The molecule has 1 amide bonds. The highest BCUT2D eigenvalue weighted by molar-refractivity contribution is 6.07. The van der Waals surface area contributed by atoms with Crippen LogP contribution in [0.4, 0.5) is 5.69 Å². The van der Waals surface area contributed by atoms with Gasteiger partial charge in [0.15, 0.2) is 5.78 Å². The number of carbonyl (C=O) groups excluding carboxylic acids is 2. The summed E-state index contributed by atoms with van der Waals surface area (Å²) >= 11 is 0. The van der Waals surface area contributed by atoms with E-state index in [2.05, 4.69) is 12.2 Å². The number of nitrogens with one attached hydrogen (secondary N) is 1. The van der Waals surface area contributed by atoms with Crippen molar-refractivity contribution in [3.63, 3.8) is 0 Å². The third-order valence-electron chi connectivity index (χ3n) is 5.77. The molecule has 1 aromatic heterocycles. The number of para-hydroxylation sites is 1. The molecule has 0 unspecified atom stereocenters. The number of pyridine rings is 1. The molecule has 4 rings (SSSR count). The summed E-state index contributed by atoms with van der Waals surface area (Å²) in [6, 6.07) is 18.2. The Morgan fingerprint density at radius 1 is 1.00 bits per heavy atom. The van der Waals surface area contributed by atoms with Gasteiger partial charge in [0.1, 0.15) is 5.56 Å². The van der Waals surface area contributed by atoms with E-state index in [1.165, 1.54) is 10.6 Å². The molecule has 1 heterocycles. The van der Waals surface area contributed by atoms with Crippen LogP contribution >= 0.6 is 0 Å². The summed E-state index contributed by atoms with van der Waals surface area (Å²) in [4.78, 5) is 39.5. The first-order valence-corrected chi connectivity index (χ1v) is 10.6. The van der Waals surface area contributed by atoms with E-state index in [1.54, 1.807) is 0 Å². The van der Waals surface area contributed by atoms with Crippen LogP contribution in [0.2, 0.25) is 0 Å². The second-order valence-electron chi connectivity index (χ2n) is 8.84. The second kappa shape index (κ2) is 7.99. The van der Waals surface area contributed by atoms with Crippen molar-refractivity contribution < 1.29 is 9.59 Å². The van der Waals surface area contributed by atoms with Gasteiger partial charge >= 0.3 is 0 Å². The molecule has 2 aromatic carbocycles. The summed E-state index contributed by atoms with van der Waals surface area (Å²) < 4.78 is 1.53. The van der Waals surface area contributed by atoms with E-state index in [9.17, 15) is 14.4 Å². The molecular formula is C26H26N2O3. The predicted molar refractivity (Wildman–Crippen MR) is 122 cm³/mol. The largest absolute Gasteiger partial charge is 0.322 e. The number of fused-ring (bicyclic) bond motifs is 1. The fraction of sp³-hybridized carbons (Fsp3) is 0.269. The van der Waals surface area contributed by atoms with E-state index in [4.69, 9.17) is 0 Å². The van der Waals surface area contributed by atoms with Crippen LogP contribution in [0.15, 0.2) is 65.5 Å². The first kappa shape index (κ1) is 20.8. The Bertz CT molecular complexity index is 1210. The average molecular weight is 415 g/mol. The Morgan fingerprint density at radius 3 is 2.32 bits per heavy atom. The number of nitrogens with zero attached hydrogens (tertiary/aromatic N) is 1. The van der Waals surface area contributed by atoms with Crippen LogP contribution in [0, 0.1) is 5.41 Å². The number of rotatable bonds is 4. The first-order chi connectivity index (χ1) is 14.8. The topological polar surface area (TPSA) is 68.2 Å². The molecule has 158 valence electrons. The summed E-state index contributed by atoms with van der Waals surface area (Å²) in [5.41, 5.74) is 2.84. The number of benzene rings is 2. The van der Waals surface area contributed by atoms with Crippen LogP contribution in [0.25, 0.3) is 5.69 Å². The molecule has 1 aliphatic carbocycles. The Kier molecular flexibility index (Phi) is 5.36. The highest BCUT2D eigenvalue weighted by Gasteiger charge is 2.35. The maximum atomic E-state index is 13.5. The maximum absolute atomic E-state index is 13.5. The van der Waals surface area contributed by atoms with Crippen LogP contribution < -0.4 is 10.9 Å². The number of ketones is 1. The van der Waals surface area contributed by atoms with Gasteiger partial charge in [-0.15, -0.1) is 0 Å². The second-order valence-corrected chi connectivity index (χ2v) is 8.84. The van der Waals surface area contributed by atoms with Crippen molar-refractivity contribution in [2.24, 2.45) is 5.41 Å². The number of amides is 1. The quantitative estimate of drug-likeness (QED) is 0.666. The highest BCUT2D eigenvalue weighted by atomic mass is 16.2. The molecular weight excluding hydrogens is 388 g/mol. The number of aromatic nitrogens is 1. The van der Waals surface area contributed by atoms with E-state index >= 15 is 0 Å². The van der Waals surface area contributed by atoms with Crippen molar-refractivity contribution in [3.8, 4) is 5.69 Å². The van der Waals surface area contributed by atoms with Gasteiger partial charge in [0.05, 0.1) is 0 Å². The smallest absolute Gasteiger partial charge is 0.268 e. The Morgan fingerprint density at radius 2 is 1.68 bits per heavy atom. The molecule has 3 aromatic rings. The summed E-state index contributed by atoms with van der Waals surface area (Å²) in [6.45, 7) is 6.10. The van der Waals surface area contributed by atoms with Gasteiger partial charge in [-0.1, -0.05) is 51.1 Å². The van der Waals surface area contributed by atoms with Crippen LogP contribution in [0.3, 0.4) is 0 Å². The SMILES string of the molecule is CCc1ccc(NC(=O)c2cc3c(n(-c4ccccc4)c2=O)CC(C)(C)CC3=O)cc1. The molecule has 5 nitrogen and oxygen atoms in total. The van der Waals surface area contributed by atoms with E-state index in [0.717, 1.165) is 12.0 Å². The monoisotopic (exact) mass is 414 g/mol. The number of hydrogen-bond donors (Lipinski definition) is 1. The lowest BCUT2D eigenvalue weighted by Gasteiger charge is -2.32. The molecule has 0 fully saturated rings. The number of hydrogen-bond acceptors (Lipinski definition) is 3. The summed E-state index contributed by atoms with van der Waals surface area (Å²) in [6.07, 6.45) is 1.87. The van der Waals surface area contributed by atoms with Gasteiger partial charge in [-0.3, -0.25) is 19.0 Å². The zero-order valence-electron chi connectivity index (χ0n) is 18.1. The van der Waals surface area contributed by atoms with Crippen LogP contribution in [0.5, 0.6) is 0 Å². The van der Waals surface area contributed by atoms with Gasteiger partial charge < -0.3 is 5.32 Å². The summed E-state index contributed by atoms with van der Waals surface area (Å²) in [5.74, 6) is -0.559. The van der Waals surface area contributed by atoms with Gasteiger partial charge in [-0.25, -0.2) is 0 Å². The van der Waals surface area contributed by atoms with Crippen molar-refractivity contribution in [2.45, 2.75) is 40.0 Å². The summed E-state index contributed by atoms with van der Waals surface area (Å²) in [7, 11) is 0. The van der Waals surface area contributed by atoms with Crippen LogP contribution in [-0.4, -0.2) is 16.3 Å². The molecule has 0 spiro atoms. The van der Waals surface area contributed by atoms with Crippen molar-refractivity contribution in [2.75, 3.05) is 5.32 Å². The van der Waals surface area contributed by atoms with Gasteiger partial charge in [0.2, 0.25) is 0 Å². The van der Waals surface area contributed by atoms with E-state index < -0.39 is 11.5 Å². The minimum absolute atomic E-state index is 0.0322. The maximum Gasteiger partial charge on any atom is 0.268 e. The van der Waals surface area contributed by atoms with Gasteiger partial charge in [-0.2, -0.15) is 0 Å². The van der Waals surface area contributed by atoms with Crippen LogP contribution in [0.1, 0.15) is 59.2 Å². The number of aryl methyl sites for hydroxylation is 1. The number of Topliss-reactive ketones (excluding diaryl/α,β-unsaturated/α-hetero) is 1. The third-order valence-corrected chi connectivity index (χ3v) is 5.77. The minimum Gasteiger partial charge on any atom is -0.322 e. The number of anilines is 1. The Labute approximate surface area is 181 Å². The van der Waals surface area contributed by atoms with Crippen molar-refractivity contribution in [3.05, 3.63) is 93.4 Å². The van der Waals surface area contributed by atoms with Crippen molar-refractivity contribution in [1.29, 1.82) is 0 Å². The normalized spacial score (nSPS) is 14.7. The lowest BCUT2D eigenvalue weighted by atomic mass is 9.75. The first-order valence-electron chi connectivity index (χ1n) is 10.6. The molecule has 0 atom stereocenters. The van der Waals surface area contributed by atoms with E-state index in [0.29, 0.717) is 35.5 Å². The lowest BCUT2D eigenvalue weighted by molar-refractivity contribution is 0.0909. The Hall–Kier alpha value is -3.47. The fourth-order valence-electron chi connectivity index (χ4n) is 4.15. The molecule has 0 saturated carbocycles. The zero-order chi connectivity index (χ0) is 22.2. The molecule has 0 bridgehead atoms. The molecule has 0 radical (unpaired) electrons. The van der Waals surface area contributed by atoms with E-state index in [1.807, 2.05) is 68.4 Å². The Balaban J connectivity index is 1.84. The fourth-order valence-corrected chi connectivity index (χ4v) is 4.15. The summed E-state index contributed by atoms with van der Waals surface area (Å²) in [5, 5.41) is 2.80.